The Morgan fingerprint density at radius 2 is 1.92 bits per heavy atom. The predicted molar refractivity (Wildman–Crippen MR) is 91.0 cm³/mol. The maximum atomic E-state index is 12.2. The third kappa shape index (κ3) is 3.81. The number of carbonyl (C=O) groups is 1. The fourth-order valence-corrected chi connectivity index (χ4v) is 2.29. The molecule has 0 spiro atoms. The Labute approximate surface area is 147 Å². The number of amides is 1. The minimum atomic E-state index is -0.386. The molecule has 2 aromatic heterocycles. The molecule has 0 aliphatic rings. The van der Waals surface area contributed by atoms with Crippen molar-refractivity contribution in [3.05, 3.63) is 58.0 Å². The number of halogens is 2. The summed E-state index contributed by atoms with van der Waals surface area (Å²) in [4.78, 5) is 20.3. The standard InChI is InChI=1S/C15H11Cl2N5O2/c1-8-4-13(22-24-8)21-15-18-6-9(7-19-15)14(23)20-12-3-2-10(16)5-11(12)17/h2-7H,1H3,(H,20,23)(H,18,19,21,22). The van der Waals surface area contributed by atoms with Gasteiger partial charge in [-0.25, -0.2) is 9.97 Å². The van der Waals surface area contributed by atoms with Crippen LogP contribution < -0.4 is 10.6 Å². The molecular weight excluding hydrogens is 353 g/mol. The summed E-state index contributed by atoms with van der Waals surface area (Å²) in [6, 6.07) is 6.49. The molecule has 1 aromatic carbocycles. The summed E-state index contributed by atoms with van der Waals surface area (Å²) in [5.41, 5.74) is 0.731. The first kappa shape index (κ1) is 16.2. The van der Waals surface area contributed by atoms with Crippen LogP contribution in [0, 0.1) is 6.92 Å². The highest BCUT2D eigenvalue weighted by atomic mass is 35.5. The van der Waals surface area contributed by atoms with E-state index in [4.69, 9.17) is 27.7 Å². The highest BCUT2D eigenvalue weighted by molar-refractivity contribution is 6.36. The van der Waals surface area contributed by atoms with Gasteiger partial charge in [0.2, 0.25) is 5.95 Å². The second kappa shape index (κ2) is 6.86. The van der Waals surface area contributed by atoms with Crippen molar-refractivity contribution in [1.82, 2.24) is 15.1 Å². The molecule has 3 aromatic rings. The summed E-state index contributed by atoms with van der Waals surface area (Å²) in [6.45, 7) is 1.77. The summed E-state index contributed by atoms with van der Waals surface area (Å²) < 4.78 is 4.93. The molecule has 0 radical (unpaired) electrons. The van der Waals surface area contributed by atoms with Gasteiger partial charge in [0.05, 0.1) is 16.3 Å². The summed E-state index contributed by atoms with van der Waals surface area (Å²) in [5.74, 6) is 1.05. The highest BCUT2D eigenvalue weighted by Crippen LogP contribution is 2.25. The Kier molecular flexibility index (Phi) is 4.64. The van der Waals surface area contributed by atoms with Gasteiger partial charge in [0.25, 0.3) is 5.91 Å². The van der Waals surface area contributed by atoms with Gasteiger partial charge in [-0.15, -0.1) is 0 Å². The number of anilines is 3. The Hall–Kier alpha value is -2.64. The zero-order valence-corrected chi connectivity index (χ0v) is 13.9. The summed E-state index contributed by atoms with van der Waals surface area (Å²) >= 11 is 11.8. The zero-order chi connectivity index (χ0) is 17.1. The quantitative estimate of drug-likeness (QED) is 0.725. The number of hydrogen-bond acceptors (Lipinski definition) is 6. The van der Waals surface area contributed by atoms with Crippen LogP contribution in [0.3, 0.4) is 0 Å². The van der Waals surface area contributed by atoms with E-state index in [-0.39, 0.29) is 11.5 Å². The number of aromatic nitrogens is 3. The maximum absolute atomic E-state index is 12.2. The topological polar surface area (TPSA) is 92.9 Å². The Balaban J connectivity index is 1.69. The van der Waals surface area contributed by atoms with Gasteiger partial charge < -0.3 is 15.2 Å². The van der Waals surface area contributed by atoms with Crippen LogP contribution in [0.15, 0.2) is 41.2 Å². The molecule has 0 fully saturated rings. The van der Waals surface area contributed by atoms with E-state index < -0.39 is 0 Å². The normalized spacial score (nSPS) is 10.5. The monoisotopic (exact) mass is 363 g/mol. The second-order valence-corrected chi connectivity index (χ2v) is 5.67. The Morgan fingerprint density at radius 3 is 2.54 bits per heavy atom. The molecule has 122 valence electrons. The lowest BCUT2D eigenvalue weighted by Gasteiger charge is -2.07. The molecule has 7 nitrogen and oxygen atoms in total. The van der Waals surface area contributed by atoms with Crippen LogP contribution in [0.25, 0.3) is 0 Å². The van der Waals surface area contributed by atoms with Crippen molar-refractivity contribution >= 4 is 46.6 Å². The number of nitrogens with one attached hydrogen (secondary N) is 2. The molecular formula is C15H11Cl2N5O2. The molecule has 0 saturated heterocycles. The van der Waals surface area contributed by atoms with Crippen molar-refractivity contribution in [2.24, 2.45) is 0 Å². The van der Waals surface area contributed by atoms with Crippen molar-refractivity contribution in [2.45, 2.75) is 6.92 Å². The lowest BCUT2D eigenvalue weighted by Crippen LogP contribution is -2.13. The molecule has 24 heavy (non-hydrogen) atoms. The SMILES string of the molecule is Cc1cc(Nc2ncc(C(=O)Nc3ccc(Cl)cc3Cl)cn2)no1. The molecule has 2 heterocycles. The molecule has 9 heteroatoms. The summed E-state index contributed by atoms with van der Waals surface area (Å²) in [7, 11) is 0. The van der Waals surface area contributed by atoms with E-state index in [0.29, 0.717) is 33.3 Å². The molecule has 3 rings (SSSR count). The van der Waals surface area contributed by atoms with Crippen LogP contribution in [-0.4, -0.2) is 21.0 Å². The third-order valence-corrected chi connectivity index (χ3v) is 3.51. The molecule has 0 saturated carbocycles. The number of aryl methyl sites for hydroxylation is 1. The van der Waals surface area contributed by atoms with Gasteiger partial charge in [-0.1, -0.05) is 28.4 Å². The first-order chi connectivity index (χ1) is 11.5. The Bertz CT molecular complexity index is 880. The number of rotatable bonds is 4. The van der Waals surface area contributed by atoms with Crippen LogP contribution in [0.1, 0.15) is 16.1 Å². The smallest absolute Gasteiger partial charge is 0.258 e. The zero-order valence-electron chi connectivity index (χ0n) is 12.4. The molecule has 0 unspecified atom stereocenters. The van der Waals surface area contributed by atoms with E-state index in [1.165, 1.54) is 12.4 Å². The van der Waals surface area contributed by atoms with Gasteiger partial charge in [0.15, 0.2) is 5.82 Å². The predicted octanol–water partition coefficient (Wildman–Crippen LogP) is 4.08. The van der Waals surface area contributed by atoms with Gasteiger partial charge in [-0.2, -0.15) is 0 Å². The van der Waals surface area contributed by atoms with Crippen molar-refractivity contribution in [3.8, 4) is 0 Å². The van der Waals surface area contributed by atoms with E-state index >= 15 is 0 Å². The third-order valence-electron chi connectivity index (χ3n) is 2.96. The van der Waals surface area contributed by atoms with Gasteiger partial charge in [-0.3, -0.25) is 4.79 Å². The van der Waals surface area contributed by atoms with E-state index in [1.54, 1.807) is 31.2 Å². The van der Waals surface area contributed by atoms with Crippen LogP contribution in [0.4, 0.5) is 17.5 Å². The van der Waals surface area contributed by atoms with E-state index in [1.807, 2.05) is 0 Å². The van der Waals surface area contributed by atoms with Crippen LogP contribution >= 0.6 is 23.2 Å². The number of nitrogens with zero attached hydrogens (tertiary/aromatic N) is 3. The molecule has 0 bridgehead atoms. The molecule has 0 aliphatic carbocycles. The highest BCUT2D eigenvalue weighted by Gasteiger charge is 2.11. The fraction of sp³-hybridized carbons (Fsp3) is 0.0667. The van der Waals surface area contributed by atoms with Gasteiger partial charge >= 0.3 is 0 Å². The van der Waals surface area contributed by atoms with Gasteiger partial charge in [0.1, 0.15) is 5.76 Å². The summed E-state index contributed by atoms with van der Waals surface area (Å²) in [5, 5.41) is 10.1. The molecule has 1 amide bonds. The second-order valence-electron chi connectivity index (χ2n) is 4.82. The average molecular weight is 364 g/mol. The van der Waals surface area contributed by atoms with E-state index in [9.17, 15) is 4.79 Å². The van der Waals surface area contributed by atoms with E-state index in [0.717, 1.165) is 0 Å². The first-order valence-corrected chi connectivity index (χ1v) is 7.55. The lowest BCUT2D eigenvalue weighted by molar-refractivity contribution is 0.102. The van der Waals surface area contributed by atoms with E-state index in [2.05, 4.69) is 25.8 Å². The molecule has 0 aliphatic heterocycles. The number of benzene rings is 1. The first-order valence-electron chi connectivity index (χ1n) is 6.80. The van der Waals surface area contributed by atoms with Crippen LogP contribution in [-0.2, 0) is 0 Å². The van der Waals surface area contributed by atoms with Gasteiger partial charge in [0, 0.05) is 23.5 Å². The average Bonchev–Trinajstić information content (AvgIpc) is 2.96. The maximum Gasteiger partial charge on any atom is 0.258 e. The van der Waals surface area contributed by atoms with Crippen molar-refractivity contribution in [3.63, 3.8) is 0 Å². The largest absolute Gasteiger partial charge is 0.360 e. The molecule has 2 N–H and O–H groups in total. The fourth-order valence-electron chi connectivity index (χ4n) is 1.84. The number of carbonyl (C=O) groups excluding carboxylic acids is 1. The van der Waals surface area contributed by atoms with Crippen LogP contribution in [0.5, 0.6) is 0 Å². The lowest BCUT2D eigenvalue weighted by atomic mass is 10.2. The molecule has 0 atom stereocenters. The minimum absolute atomic E-state index is 0.280. The van der Waals surface area contributed by atoms with Crippen molar-refractivity contribution < 1.29 is 9.32 Å². The minimum Gasteiger partial charge on any atom is -0.360 e. The van der Waals surface area contributed by atoms with Crippen molar-refractivity contribution in [2.75, 3.05) is 10.6 Å². The summed E-state index contributed by atoms with van der Waals surface area (Å²) in [6.07, 6.45) is 2.78. The van der Waals surface area contributed by atoms with Crippen molar-refractivity contribution in [1.29, 1.82) is 0 Å². The number of hydrogen-bond donors (Lipinski definition) is 2. The van der Waals surface area contributed by atoms with Gasteiger partial charge in [-0.05, 0) is 25.1 Å². The van der Waals surface area contributed by atoms with Crippen LogP contribution in [0.2, 0.25) is 10.0 Å². The Morgan fingerprint density at radius 1 is 1.17 bits per heavy atom.